The zero-order chi connectivity index (χ0) is 36.0. The number of H-pyrrole nitrogens is 2. The molecule has 0 fully saturated rings. The SMILES string of the molecule is O=C(O)c1c(C(=O)O)c(C(=O)O)c2c3nc4nc(nc5[nH]c(nc6nc(nc([nH]3)c2c1C(=O)O)-c1ccccc1-6)c1ccccc51)-c1ccccc1-4.[Fe]. The van der Waals surface area contributed by atoms with E-state index in [4.69, 9.17) is 9.97 Å². The molecule has 6 N–H and O–H groups in total. The second-order valence-electron chi connectivity index (χ2n) is 11.7. The van der Waals surface area contributed by atoms with Crippen molar-refractivity contribution >= 4 is 68.0 Å². The molecule has 17 heteroatoms. The van der Waals surface area contributed by atoms with Crippen LogP contribution in [0.3, 0.4) is 0 Å². The van der Waals surface area contributed by atoms with Gasteiger partial charge in [-0.2, -0.15) is 0 Å². The number of hydrogen-bond acceptors (Lipinski definition) is 10. The molecule has 0 atom stereocenters. The Bertz CT molecular complexity index is 2810. The third kappa shape index (κ3) is 4.83. The number of aromatic carboxylic acids is 4. The van der Waals surface area contributed by atoms with E-state index in [1.54, 1.807) is 48.5 Å². The van der Waals surface area contributed by atoms with Crippen LogP contribution in [0.2, 0.25) is 0 Å². The summed E-state index contributed by atoms with van der Waals surface area (Å²) >= 11 is 0. The smallest absolute Gasteiger partial charge is 0.337 e. The van der Waals surface area contributed by atoms with E-state index in [1.807, 2.05) is 24.3 Å². The second kappa shape index (κ2) is 11.9. The molecule has 0 saturated heterocycles. The average Bonchev–Trinajstić information content (AvgIpc) is 3.86. The maximum atomic E-state index is 12.9. The van der Waals surface area contributed by atoms with Crippen LogP contribution < -0.4 is 0 Å². The number of aromatic amines is 2. The van der Waals surface area contributed by atoms with Crippen molar-refractivity contribution < 1.29 is 56.7 Å². The Morgan fingerprint density at radius 3 is 1.00 bits per heavy atom. The summed E-state index contributed by atoms with van der Waals surface area (Å²) in [6.07, 6.45) is 0. The van der Waals surface area contributed by atoms with E-state index >= 15 is 0 Å². The van der Waals surface area contributed by atoms with Gasteiger partial charge in [0.25, 0.3) is 0 Å². The zero-order valence-electron chi connectivity index (χ0n) is 26.4. The molecule has 2 aliphatic heterocycles. The molecule has 5 heterocycles. The summed E-state index contributed by atoms with van der Waals surface area (Å²) < 4.78 is 0. The summed E-state index contributed by atoms with van der Waals surface area (Å²) in [6.45, 7) is 0. The van der Waals surface area contributed by atoms with E-state index in [0.717, 1.165) is 10.8 Å². The minimum absolute atomic E-state index is 0. The van der Waals surface area contributed by atoms with Crippen molar-refractivity contribution in [2.75, 3.05) is 0 Å². The molecule has 4 aromatic carbocycles. The van der Waals surface area contributed by atoms with E-state index < -0.39 is 56.9 Å². The van der Waals surface area contributed by atoms with E-state index in [-0.39, 0.29) is 51.7 Å². The quantitative estimate of drug-likeness (QED) is 0.119. The largest absolute Gasteiger partial charge is 0.478 e. The van der Waals surface area contributed by atoms with Gasteiger partial charge in [0.15, 0.2) is 23.3 Å². The Hall–Kier alpha value is -7.36. The first-order valence-electron chi connectivity index (χ1n) is 15.4. The predicted molar refractivity (Wildman–Crippen MR) is 184 cm³/mol. The third-order valence-corrected chi connectivity index (χ3v) is 8.85. The fourth-order valence-electron chi connectivity index (χ4n) is 6.76. The molecule has 0 aliphatic carbocycles. The van der Waals surface area contributed by atoms with Crippen LogP contribution in [-0.4, -0.2) is 84.2 Å². The van der Waals surface area contributed by atoms with Gasteiger partial charge in [0.05, 0.1) is 22.3 Å². The molecule has 3 aromatic heterocycles. The van der Waals surface area contributed by atoms with Crippen molar-refractivity contribution in [2.24, 2.45) is 0 Å². The number of carboxylic acids is 4. The van der Waals surface area contributed by atoms with Crippen LogP contribution in [0.1, 0.15) is 41.4 Å². The van der Waals surface area contributed by atoms with Crippen molar-refractivity contribution in [3.63, 3.8) is 0 Å². The van der Waals surface area contributed by atoms with Crippen LogP contribution in [-0.2, 0) is 17.1 Å². The Morgan fingerprint density at radius 1 is 0.396 bits per heavy atom. The van der Waals surface area contributed by atoms with Crippen LogP contribution in [0.25, 0.3) is 89.7 Å². The van der Waals surface area contributed by atoms with E-state index in [1.165, 1.54) is 0 Å². The first-order valence-corrected chi connectivity index (χ1v) is 15.4. The first-order chi connectivity index (χ1) is 25.1. The van der Waals surface area contributed by atoms with E-state index in [2.05, 4.69) is 29.9 Å². The molecule has 9 rings (SSSR count). The Balaban J connectivity index is 0.00000400. The molecular formula is C36H18FeN8O8. The summed E-state index contributed by atoms with van der Waals surface area (Å²) in [6, 6.07) is 21.3. The van der Waals surface area contributed by atoms with Crippen LogP contribution in [0.5, 0.6) is 0 Å². The summed E-state index contributed by atoms with van der Waals surface area (Å²) in [5.74, 6) is -7.17. The fraction of sp³-hybridized carbons (Fsp3) is 0. The van der Waals surface area contributed by atoms with Crippen LogP contribution in [0, 0.1) is 0 Å². The first kappa shape index (κ1) is 32.8. The number of hydrogen-bond donors (Lipinski definition) is 6. The number of nitrogens with zero attached hydrogens (tertiary/aromatic N) is 6. The van der Waals surface area contributed by atoms with Crippen molar-refractivity contribution in [1.29, 1.82) is 0 Å². The van der Waals surface area contributed by atoms with Gasteiger partial charge in [-0.25, -0.2) is 49.1 Å². The van der Waals surface area contributed by atoms with Crippen molar-refractivity contribution in [1.82, 2.24) is 39.9 Å². The number of fused-ring (bicyclic) bond motifs is 20. The Morgan fingerprint density at radius 2 is 0.679 bits per heavy atom. The number of nitrogens with one attached hydrogen (secondary N) is 2. The number of carboxylic acid groups (broad SMARTS) is 4. The summed E-state index contributed by atoms with van der Waals surface area (Å²) in [4.78, 5) is 85.4. The summed E-state index contributed by atoms with van der Waals surface area (Å²) in [5.41, 5.74) is -2.31. The minimum Gasteiger partial charge on any atom is -0.478 e. The van der Waals surface area contributed by atoms with Gasteiger partial charge in [-0.05, 0) is 0 Å². The van der Waals surface area contributed by atoms with Gasteiger partial charge < -0.3 is 30.4 Å². The monoisotopic (exact) mass is 746 g/mol. The van der Waals surface area contributed by atoms with Gasteiger partial charge in [-0.3, -0.25) is 0 Å². The molecule has 8 bridgehead atoms. The molecule has 0 amide bonds. The molecule has 0 radical (unpaired) electrons. The number of rotatable bonds is 4. The van der Waals surface area contributed by atoms with Crippen molar-refractivity contribution in [3.8, 4) is 45.6 Å². The maximum absolute atomic E-state index is 12.9. The fourth-order valence-corrected chi connectivity index (χ4v) is 6.76. The van der Waals surface area contributed by atoms with Crippen molar-refractivity contribution in [3.05, 3.63) is 95.1 Å². The van der Waals surface area contributed by atoms with E-state index in [9.17, 15) is 39.6 Å². The molecule has 0 spiro atoms. The van der Waals surface area contributed by atoms with Crippen LogP contribution >= 0.6 is 0 Å². The average molecular weight is 746 g/mol. The third-order valence-electron chi connectivity index (χ3n) is 8.85. The number of aromatic nitrogens is 8. The maximum Gasteiger partial charge on any atom is 0.337 e. The summed E-state index contributed by atoms with van der Waals surface area (Å²) in [7, 11) is 0. The molecule has 53 heavy (non-hydrogen) atoms. The van der Waals surface area contributed by atoms with Crippen LogP contribution in [0.4, 0.5) is 0 Å². The molecular weight excluding hydrogens is 728 g/mol. The van der Waals surface area contributed by atoms with Gasteiger partial charge in [-0.1, -0.05) is 72.8 Å². The van der Waals surface area contributed by atoms with Crippen LogP contribution in [0.15, 0.2) is 72.8 Å². The van der Waals surface area contributed by atoms with E-state index in [0.29, 0.717) is 33.5 Å². The molecule has 7 aromatic rings. The molecule has 2 aliphatic rings. The van der Waals surface area contributed by atoms with Gasteiger partial charge >= 0.3 is 23.9 Å². The normalized spacial score (nSPS) is 11.5. The molecule has 0 unspecified atom stereocenters. The van der Waals surface area contributed by atoms with Gasteiger partial charge in [-0.15, -0.1) is 0 Å². The van der Waals surface area contributed by atoms with Gasteiger partial charge in [0, 0.05) is 60.9 Å². The van der Waals surface area contributed by atoms with Gasteiger partial charge in [0.2, 0.25) is 0 Å². The predicted octanol–water partition coefficient (Wildman–Crippen LogP) is 5.66. The molecule has 16 nitrogen and oxygen atoms in total. The topological polar surface area (TPSA) is 258 Å². The Kier molecular flexibility index (Phi) is 7.35. The summed E-state index contributed by atoms with van der Waals surface area (Å²) in [5, 5.41) is 41.7. The molecule has 0 saturated carbocycles. The minimum atomic E-state index is -1.98. The molecule has 258 valence electrons. The zero-order valence-corrected chi connectivity index (χ0v) is 27.5. The van der Waals surface area contributed by atoms with Crippen molar-refractivity contribution in [2.45, 2.75) is 0 Å². The standard InChI is InChI=1S/C36H18N8O8.Fe/c45-33(46)21-19-20(22(34(47)48)24(36(51)52)23(21)35(49)50)32-43-30-18-12-6-4-10-16(18)28(41-30)39-26-14-8-2-1-7-13(14)25(37-26)38-27-15-9-3-5-11-17(15)29(40-27)42-31(19)44-32;/h1-12H,(H,45,46)(H,47,48)(H,49,50)(H,51,52)(H2,37,38,39,40,41,42,43,44);. The number of carbonyl (C=O) groups is 4. The van der Waals surface area contributed by atoms with Gasteiger partial charge in [0.1, 0.15) is 22.6 Å². The Labute approximate surface area is 304 Å². The number of benzene rings is 4. The second-order valence-corrected chi connectivity index (χ2v) is 11.7.